The van der Waals surface area contributed by atoms with Gasteiger partial charge >= 0.3 is 0 Å². The minimum absolute atomic E-state index is 0.0473. The van der Waals surface area contributed by atoms with Crippen molar-refractivity contribution in [3.8, 4) is 17.0 Å². The molecule has 0 bridgehead atoms. The van der Waals surface area contributed by atoms with E-state index in [2.05, 4.69) is 10.2 Å². The molecule has 1 aliphatic heterocycles. The lowest BCUT2D eigenvalue weighted by Crippen LogP contribution is -2.32. The molecule has 4 rings (SSSR count). The summed E-state index contributed by atoms with van der Waals surface area (Å²) in [7, 11) is 0. The van der Waals surface area contributed by atoms with E-state index in [1.54, 1.807) is 24.0 Å². The molecule has 138 valence electrons. The number of β-amino-alcohol motifs (C(OH)–C–C–N with tert-alkyl or cyclic N) is 1. The zero-order valence-electron chi connectivity index (χ0n) is 14.6. The third kappa shape index (κ3) is 2.78. The van der Waals surface area contributed by atoms with Crippen LogP contribution in [0.1, 0.15) is 33.2 Å². The summed E-state index contributed by atoms with van der Waals surface area (Å²) in [5, 5.41) is 27.5. The zero-order valence-corrected chi connectivity index (χ0v) is 15.4. The van der Waals surface area contributed by atoms with Gasteiger partial charge in [0.25, 0.3) is 5.91 Å². The molecule has 0 saturated heterocycles. The predicted octanol–water partition coefficient (Wildman–Crippen LogP) is 3.28. The van der Waals surface area contributed by atoms with Gasteiger partial charge in [-0.25, -0.2) is 0 Å². The minimum Gasteiger partial charge on any atom is -0.507 e. The molecule has 2 aromatic carbocycles. The van der Waals surface area contributed by atoms with Crippen LogP contribution in [0.25, 0.3) is 11.3 Å². The molecule has 1 unspecified atom stereocenters. The average molecular weight is 384 g/mol. The SMILES string of the molecule is Cc1cc(O)c(-c2n[nH]c3c2C(c2ccccc2)N(CCO)C3=O)cc1Cl. The molecule has 27 heavy (non-hydrogen) atoms. The van der Waals surface area contributed by atoms with Crippen molar-refractivity contribution in [1.29, 1.82) is 0 Å². The van der Waals surface area contributed by atoms with Crippen molar-refractivity contribution in [1.82, 2.24) is 15.1 Å². The number of nitrogens with zero attached hydrogens (tertiary/aromatic N) is 2. The van der Waals surface area contributed by atoms with Gasteiger partial charge < -0.3 is 15.1 Å². The van der Waals surface area contributed by atoms with Gasteiger partial charge in [0.15, 0.2) is 0 Å². The van der Waals surface area contributed by atoms with Crippen molar-refractivity contribution in [2.45, 2.75) is 13.0 Å². The number of aryl methyl sites for hydroxylation is 1. The van der Waals surface area contributed by atoms with Gasteiger partial charge in [-0.15, -0.1) is 0 Å². The normalized spacial score (nSPS) is 16.0. The van der Waals surface area contributed by atoms with Gasteiger partial charge in [0.1, 0.15) is 17.1 Å². The number of amides is 1. The third-order valence-electron chi connectivity index (χ3n) is 4.85. The first-order valence-electron chi connectivity index (χ1n) is 8.57. The zero-order chi connectivity index (χ0) is 19.1. The van der Waals surface area contributed by atoms with E-state index in [-0.39, 0.29) is 24.8 Å². The monoisotopic (exact) mass is 383 g/mol. The van der Waals surface area contributed by atoms with Crippen molar-refractivity contribution < 1.29 is 15.0 Å². The first-order valence-corrected chi connectivity index (χ1v) is 8.95. The number of aliphatic hydroxyl groups is 1. The summed E-state index contributed by atoms with van der Waals surface area (Å²) < 4.78 is 0. The Hall–Kier alpha value is -2.83. The number of phenols is 1. The molecule has 0 fully saturated rings. The van der Waals surface area contributed by atoms with Gasteiger partial charge in [0, 0.05) is 22.7 Å². The fourth-order valence-electron chi connectivity index (χ4n) is 3.58. The molecule has 0 radical (unpaired) electrons. The molecule has 0 saturated carbocycles. The topological polar surface area (TPSA) is 89.5 Å². The van der Waals surface area contributed by atoms with E-state index < -0.39 is 6.04 Å². The highest BCUT2D eigenvalue weighted by molar-refractivity contribution is 6.31. The standard InChI is InChI=1S/C20H18ClN3O3/c1-11-9-15(26)13(10-14(11)21)17-16-18(23-22-17)20(27)24(7-8-25)19(16)12-5-3-2-4-6-12/h2-6,9-10,19,25-26H,7-8H2,1H3,(H,22,23). The molecule has 1 aromatic heterocycles. The van der Waals surface area contributed by atoms with Gasteiger partial charge in [-0.2, -0.15) is 5.10 Å². The van der Waals surface area contributed by atoms with Gasteiger partial charge in [-0.3, -0.25) is 9.89 Å². The lowest BCUT2D eigenvalue weighted by molar-refractivity contribution is 0.0706. The van der Waals surface area contributed by atoms with Gasteiger partial charge in [0.2, 0.25) is 0 Å². The van der Waals surface area contributed by atoms with Crippen LogP contribution in [0.2, 0.25) is 5.02 Å². The number of H-pyrrole nitrogens is 1. The van der Waals surface area contributed by atoms with E-state index >= 15 is 0 Å². The maximum atomic E-state index is 12.9. The summed E-state index contributed by atoms with van der Waals surface area (Å²) in [4.78, 5) is 14.5. The lowest BCUT2D eigenvalue weighted by atomic mass is 9.95. The first-order chi connectivity index (χ1) is 13.0. The predicted molar refractivity (Wildman–Crippen MR) is 102 cm³/mol. The molecule has 0 spiro atoms. The van der Waals surface area contributed by atoms with Crippen LogP contribution in [0.4, 0.5) is 0 Å². The number of aliphatic hydroxyl groups excluding tert-OH is 1. The van der Waals surface area contributed by atoms with Crippen molar-refractivity contribution in [3.63, 3.8) is 0 Å². The highest BCUT2D eigenvalue weighted by atomic mass is 35.5. The van der Waals surface area contributed by atoms with Crippen LogP contribution < -0.4 is 0 Å². The Bertz CT molecular complexity index is 1020. The number of nitrogens with one attached hydrogen (secondary N) is 1. The Labute approximate surface area is 161 Å². The molecular weight excluding hydrogens is 366 g/mol. The molecule has 3 aromatic rings. The Morgan fingerprint density at radius 1 is 1.26 bits per heavy atom. The Kier molecular flexibility index (Phi) is 4.37. The number of aromatic nitrogens is 2. The molecule has 1 amide bonds. The maximum absolute atomic E-state index is 12.9. The molecule has 6 nitrogen and oxygen atoms in total. The van der Waals surface area contributed by atoms with Crippen molar-refractivity contribution in [2.24, 2.45) is 0 Å². The number of halogens is 1. The van der Waals surface area contributed by atoms with Crippen molar-refractivity contribution in [2.75, 3.05) is 13.2 Å². The number of fused-ring (bicyclic) bond motifs is 1. The molecule has 2 heterocycles. The summed E-state index contributed by atoms with van der Waals surface area (Å²) >= 11 is 6.25. The summed E-state index contributed by atoms with van der Waals surface area (Å²) in [6.45, 7) is 1.85. The number of benzene rings is 2. The number of hydrogen-bond donors (Lipinski definition) is 3. The summed E-state index contributed by atoms with van der Waals surface area (Å²) in [5.41, 5.74) is 3.63. The quantitative estimate of drug-likeness (QED) is 0.645. The first kappa shape index (κ1) is 17.6. The number of hydrogen-bond acceptors (Lipinski definition) is 4. The molecule has 1 atom stereocenters. The second-order valence-corrected chi connectivity index (χ2v) is 6.92. The molecule has 7 heteroatoms. The van der Waals surface area contributed by atoms with E-state index in [9.17, 15) is 15.0 Å². The number of rotatable bonds is 4. The third-order valence-corrected chi connectivity index (χ3v) is 5.26. The number of carbonyl (C=O) groups is 1. The van der Waals surface area contributed by atoms with Crippen LogP contribution in [0, 0.1) is 6.92 Å². The highest BCUT2D eigenvalue weighted by Crippen LogP contribution is 2.45. The van der Waals surface area contributed by atoms with Crippen LogP contribution in [0.3, 0.4) is 0 Å². The average Bonchev–Trinajstić information content (AvgIpc) is 3.19. The van der Waals surface area contributed by atoms with Gasteiger partial charge in [-0.05, 0) is 30.2 Å². The summed E-state index contributed by atoms with van der Waals surface area (Å²) in [6.07, 6.45) is 0. The Morgan fingerprint density at radius 2 is 2.00 bits per heavy atom. The fraction of sp³-hybridized carbons (Fsp3) is 0.200. The number of aromatic amines is 1. The number of carbonyl (C=O) groups excluding carboxylic acids is 1. The highest BCUT2D eigenvalue weighted by Gasteiger charge is 2.42. The Balaban J connectivity index is 1.93. The Morgan fingerprint density at radius 3 is 2.70 bits per heavy atom. The van der Waals surface area contributed by atoms with Crippen LogP contribution in [-0.2, 0) is 0 Å². The number of phenolic OH excluding ortho intramolecular Hbond substituents is 1. The maximum Gasteiger partial charge on any atom is 0.273 e. The molecular formula is C20H18ClN3O3. The largest absolute Gasteiger partial charge is 0.507 e. The lowest BCUT2D eigenvalue weighted by Gasteiger charge is -2.25. The van der Waals surface area contributed by atoms with E-state index in [1.165, 1.54) is 0 Å². The van der Waals surface area contributed by atoms with Gasteiger partial charge in [0.05, 0.1) is 12.6 Å². The van der Waals surface area contributed by atoms with Crippen LogP contribution in [0.5, 0.6) is 5.75 Å². The smallest absolute Gasteiger partial charge is 0.273 e. The minimum atomic E-state index is -0.408. The van der Waals surface area contributed by atoms with Crippen LogP contribution in [-0.4, -0.2) is 44.4 Å². The van der Waals surface area contributed by atoms with Crippen molar-refractivity contribution in [3.05, 3.63) is 69.9 Å². The fourth-order valence-corrected chi connectivity index (χ4v) is 3.74. The molecule has 1 aliphatic rings. The van der Waals surface area contributed by atoms with Crippen LogP contribution >= 0.6 is 11.6 Å². The second kappa shape index (κ2) is 6.72. The summed E-state index contributed by atoms with van der Waals surface area (Å²) in [5.74, 6) is -0.185. The second-order valence-electron chi connectivity index (χ2n) is 6.51. The van der Waals surface area contributed by atoms with E-state index in [1.807, 2.05) is 30.3 Å². The molecule has 3 N–H and O–H groups in total. The molecule has 0 aliphatic carbocycles. The van der Waals surface area contributed by atoms with Crippen molar-refractivity contribution >= 4 is 17.5 Å². The van der Waals surface area contributed by atoms with Crippen LogP contribution in [0.15, 0.2) is 42.5 Å². The van der Waals surface area contributed by atoms with Gasteiger partial charge in [-0.1, -0.05) is 41.9 Å². The van der Waals surface area contributed by atoms with E-state index in [4.69, 9.17) is 11.6 Å². The van der Waals surface area contributed by atoms with E-state index in [0.29, 0.717) is 27.5 Å². The summed E-state index contributed by atoms with van der Waals surface area (Å²) in [6, 6.07) is 12.4. The number of aromatic hydroxyl groups is 1. The van der Waals surface area contributed by atoms with E-state index in [0.717, 1.165) is 11.1 Å².